The molecule has 0 bridgehead atoms. The van der Waals surface area contributed by atoms with Gasteiger partial charge in [0.25, 0.3) is 0 Å². The smallest absolute Gasteiger partial charge is 0.405 e. The lowest BCUT2D eigenvalue weighted by atomic mass is 9.93. The number of nitrogens with one attached hydrogen (secondary N) is 1. The zero-order valence-electron chi connectivity index (χ0n) is 22.1. The first-order chi connectivity index (χ1) is 14.8. The van der Waals surface area contributed by atoms with Gasteiger partial charge in [-0.3, -0.25) is 9.05 Å². The Bertz CT molecular complexity index is 595. The van der Waals surface area contributed by atoms with Gasteiger partial charge in [0.15, 0.2) is 8.32 Å². The largest absolute Gasteiger partial charge is 0.408 e. The average Bonchev–Trinajstić information content (AvgIpc) is 2.98. The van der Waals surface area contributed by atoms with E-state index in [1.165, 1.54) is 20.9 Å². The highest BCUT2D eigenvalue weighted by molar-refractivity contribution is 7.51. The van der Waals surface area contributed by atoms with Gasteiger partial charge in [-0.15, -0.1) is 0 Å². The maximum atomic E-state index is 12.8. The van der Waals surface area contributed by atoms with Crippen molar-refractivity contribution < 1.29 is 29.3 Å². The van der Waals surface area contributed by atoms with Crippen LogP contribution in [0.2, 0.25) is 18.1 Å². The molecule has 0 aromatic rings. The molecular formula is C19H42BN2O6PSi. The summed E-state index contributed by atoms with van der Waals surface area (Å²) in [5.41, 5.74) is 0. The van der Waals surface area contributed by atoms with Crippen LogP contribution in [0.25, 0.3) is 0 Å². The molecule has 2 radical (unpaired) electrons. The lowest BCUT2D eigenvalue weighted by Gasteiger charge is -2.40. The number of hydrogen-bond acceptors (Lipinski definition) is 7. The molecule has 176 valence electrons. The molecule has 2 N–H and O–H groups in total. The van der Waals surface area contributed by atoms with Crippen LogP contribution in [0.15, 0.2) is 0 Å². The van der Waals surface area contributed by atoms with Crippen molar-refractivity contribution in [3.8, 4) is 6.07 Å². The minimum absolute atomic E-state index is 0.0511. The van der Waals surface area contributed by atoms with Crippen LogP contribution >= 0.6 is 7.75 Å². The number of nitrogens with zero attached hydrogens (tertiary/aromatic N) is 1. The molecule has 30 heavy (non-hydrogen) atoms. The van der Waals surface area contributed by atoms with E-state index >= 15 is 0 Å². The Labute approximate surface area is 189 Å². The maximum Gasteiger partial charge on any atom is 0.405 e. The summed E-state index contributed by atoms with van der Waals surface area (Å²) >= 11 is 0. The first-order valence-electron chi connectivity index (χ1n) is 11.4. The van der Waals surface area contributed by atoms with Gasteiger partial charge in [0, 0.05) is 7.37 Å². The zero-order chi connectivity index (χ0) is 25.6. The van der Waals surface area contributed by atoms with Crippen molar-refractivity contribution in [1.82, 2.24) is 5.09 Å². The molecule has 1 heterocycles. The van der Waals surface area contributed by atoms with E-state index in [1.807, 2.05) is 6.07 Å². The number of rotatable bonds is 10. The van der Waals surface area contributed by atoms with E-state index in [4.69, 9.17) is 34.1 Å². The summed E-state index contributed by atoms with van der Waals surface area (Å²) in [6, 6.07) is 0.982. The second-order valence-corrected chi connectivity index (χ2v) is 15.1. The predicted molar refractivity (Wildman–Crippen MR) is 124 cm³/mol. The second kappa shape index (κ2) is 14.0. The fourth-order valence-corrected chi connectivity index (χ4v) is 4.70. The molecule has 1 aliphatic rings. The van der Waals surface area contributed by atoms with Gasteiger partial charge < -0.3 is 14.3 Å². The van der Waals surface area contributed by atoms with Crippen molar-refractivity contribution in [1.29, 1.82) is 6.69 Å². The van der Waals surface area contributed by atoms with Gasteiger partial charge in [0.2, 0.25) is 1.43 Å². The molecule has 1 aliphatic heterocycles. The Morgan fingerprint density at radius 2 is 2.00 bits per heavy atom. The number of ether oxygens (including phenoxy) is 1. The standard InChI is InChI=1S/C15H30BN2O6PSi.C3H8.CH4/c1-15(2,3)26(5,6)24-12-11(10-19)22-14(16)13(12)23-25(20,18-4)21-9-7-8-17;1-3-2;/h11-14,19H,7,9-10H2,1-6H3,(H,18,20);3H2,1-2H3;1H4/t11-,12?,13+,14-,25?;;/m1../s1/i19D;;1T. The van der Waals surface area contributed by atoms with Gasteiger partial charge in [-0.25, -0.2) is 9.65 Å². The minimum atomic E-state index is -3.72. The van der Waals surface area contributed by atoms with Gasteiger partial charge in [0.1, 0.15) is 26.2 Å². The second-order valence-electron chi connectivity index (χ2n) is 8.39. The van der Waals surface area contributed by atoms with Crippen molar-refractivity contribution >= 4 is 23.9 Å². The number of aliphatic hydroxyl groups excluding tert-OH is 1. The molecule has 2 unspecified atom stereocenters. The van der Waals surface area contributed by atoms with E-state index in [-0.39, 0.29) is 24.7 Å². The third kappa shape index (κ3) is 9.49. The third-order valence-corrected chi connectivity index (χ3v) is 10.8. The maximum absolute atomic E-state index is 12.8. The fraction of sp³-hybridized carbons (Fsp3) is 0.947. The van der Waals surface area contributed by atoms with Crippen molar-refractivity contribution in [2.75, 3.05) is 20.3 Å². The molecule has 0 amide bonds. The van der Waals surface area contributed by atoms with E-state index in [0.29, 0.717) is 0 Å². The predicted octanol–water partition coefficient (Wildman–Crippen LogP) is 3.96. The lowest BCUT2D eigenvalue weighted by Crippen LogP contribution is -2.50. The average molecular weight is 467 g/mol. The molecule has 1 saturated heterocycles. The van der Waals surface area contributed by atoms with E-state index < -0.39 is 40.4 Å². The topological polar surface area (TPSA) is 110 Å². The summed E-state index contributed by atoms with van der Waals surface area (Å²) in [7, 11) is 2.76. The van der Waals surface area contributed by atoms with E-state index in [2.05, 4.69) is 57.9 Å². The number of aliphatic hydroxyl groups is 1. The normalized spacial score (nSPS) is 26.7. The summed E-state index contributed by atoms with van der Waals surface area (Å²) < 4.78 is 48.6. The Kier molecular flexibility index (Phi) is 13.0. The number of hydrogen-bond donors (Lipinski definition) is 2. The van der Waals surface area contributed by atoms with Crippen LogP contribution in [0.5, 0.6) is 0 Å². The van der Waals surface area contributed by atoms with Crippen molar-refractivity contribution in [2.45, 2.75) is 97.3 Å². The summed E-state index contributed by atoms with van der Waals surface area (Å²) in [5.74, 6) is 0. The molecule has 8 nitrogen and oxygen atoms in total. The fourth-order valence-electron chi connectivity index (χ4n) is 2.19. The summed E-state index contributed by atoms with van der Waals surface area (Å²) in [4.78, 5) is 0. The van der Waals surface area contributed by atoms with Crippen LogP contribution in [0.4, 0.5) is 0 Å². The molecular weight excluding hydrogens is 422 g/mol. The van der Waals surface area contributed by atoms with Crippen molar-refractivity contribution in [3.63, 3.8) is 0 Å². The first kappa shape index (κ1) is 27.8. The molecule has 0 aromatic carbocycles. The quantitative estimate of drug-likeness (QED) is 0.282. The summed E-state index contributed by atoms with van der Waals surface area (Å²) in [5, 5.41) is 15.6. The van der Waals surface area contributed by atoms with Crippen molar-refractivity contribution in [3.05, 3.63) is 0 Å². The molecule has 1 fully saturated rings. The monoisotopic (exact) mass is 467 g/mol. The van der Waals surface area contributed by atoms with Gasteiger partial charge in [-0.2, -0.15) is 5.26 Å². The van der Waals surface area contributed by atoms with Crippen LogP contribution in [0, 0.1) is 11.3 Å². The number of nitriles is 1. The Morgan fingerprint density at radius 3 is 2.43 bits per heavy atom. The molecule has 5 atom stereocenters. The van der Waals surface area contributed by atoms with Crippen LogP contribution in [0.1, 0.15) is 56.2 Å². The van der Waals surface area contributed by atoms with Gasteiger partial charge in [-0.1, -0.05) is 48.4 Å². The highest BCUT2D eigenvalue weighted by Crippen LogP contribution is 2.48. The van der Waals surface area contributed by atoms with E-state index in [1.54, 1.807) is 0 Å². The van der Waals surface area contributed by atoms with Gasteiger partial charge in [0.05, 0.1) is 25.7 Å². The van der Waals surface area contributed by atoms with Crippen LogP contribution in [0.3, 0.4) is 0 Å². The Hall–Kier alpha value is -0.238. The van der Waals surface area contributed by atoms with Crippen LogP contribution in [-0.4, -0.2) is 67.3 Å². The van der Waals surface area contributed by atoms with Crippen LogP contribution < -0.4 is 5.09 Å². The third-order valence-electron chi connectivity index (χ3n) is 4.76. The molecule has 1 rings (SSSR count). The minimum Gasteiger partial charge on any atom is -0.408 e. The van der Waals surface area contributed by atoms with Crippen LogP contribution in [-0.2, 0) is 22.8 Å². The highest BCUT2D eigenvalue weighted by Gasteiger charge is 2.51. The van der Waals surface area contributed by atoms with E-state index in [9.17, 15) is 4.57 Å². The first-order valence-corrected chi connectivity index (χ1v) is 14.4. The molecule has 0 aliphatic carbocycles. The zero-order valence-corrected chi connectivity index (χ0v) is 22.0. The summed E-state index contributed by atoms with van der Waals surface area (Å²) in [6.07, 6.45) is -0.880. The van der Waals surface area contributed by atoms with E-state index in [0.717, 1.165) is 0 Å². The Morgan fingerprint density at radius 1 is 1.43 bits per heavy atom. The molecule has 11 heteroatoms. The van der Waals surface area contributed by atoms with Gasteiger partial charge in [-0.05, 0) is 25.2 Å². The van der Waals surface area contributed by atoms with Gasteiger partial charge >= 0.3 is 7.75 Å². The molecule has 0 saturated carbocycles. The Balaban J connectivity index is 0. The SMILES string of the molecule is CCC.[2H]OC[C@H]1O[C@@H]([B])[C@@H](OP(=O)(NC)OCCC#N)C1O[Si](C)(C)C(C)(C)C.[3H]C. The lowest BCUT2D eigenvalue weighted by molar-refractivity contribution is -0.00288. The molecule has 0 aromatic heterocycles. The summed E-state index contributed by atoms with van der Waals surface area (Å²) in [6.45, 7) is 14.5. The van der Waals surface area contributed by atoms with Crippen molar-refractivity contribution in [2.24, 2.45) is 0 Å². The highest BCUT2D eigenvalue weighted by atomic mass is 31.2. The molecule has 0 spiro atoms.